The Kier molecular flexibility index (Phi) is 7.19. The van der Waals surface area contributed by atoms with Crippen LogP contribution in [-0.2, 0) is 23.9 Å². The molecule has 0 radical (unpaired) electrons. The van der Waals surface area contributed by atoms with Crippen LogP contribution < -0.4 is 16.4 Å². The molecule has 0 aromatic carbocycles. The number of hydrogen-bond donors (Lipinski definition) is 3. The molecule has 1 saturated heterocycles. The fourth-order valence-electron chi connectivity index (χ4n) is 8.50. The summed E-state index contributed by atoms with van der Waals surface area (Å²) < 4.78 is 4.90. The van der Waals surface area contributed by atoms with Crippen molar-refractivity contribution in [1.82, 2.24) is 15.5 Å². The van der Waals surface area contributed by atoms with E-state index >= 15 is 0 Å². The predicted molar refractivity (Wildman–Crippen MR) is 130 cm³/mol. The Bertz CT molecular complexity index is 858. The van der Waals surface area contributed by atoms with E-state index in [1.807, 2.05) is 0 Å². The van der Waals surface area contributed by atoms with Crippen molar-refractivity contribution in [3.8, 4) is 0 Å². The van der Waals surface area contributed by atoms with Crippen molar-refractivity contribution in [2.75, 3.05) is 20.2 Å². The Morgan fingerprint density at radius 3 is 2.34 bits per heavy atom. The van der Waals surface area contributed by atoms with Crippen LogP contribution in [0.2, 0.25) is 0 Å². The third kappa shape index (κ3) is 5.49. The van der Waals surface area contributed by atoms with Gasteiger partial charge in [0.2, 0.25) is 17.7 Å². The molecule has 5 rings (SSSR count). The van der Waals surface area contributed by atoms with Gasteiger partial charge in [0.1, 0.15) is 12.1 Å². The molecule has 4 atom stereocenters. The Balaban J connectivity index is 1.36. The van der Waals surface area contributed by atoms with Crippen LogP contribution in [-0.4, -0.2) is 66.4 Å². The minimum absolute atomic E-state index is 0.0834. The minimum atomic E-state index is -0.943. The smallest absolute Gasteiger partial charge is 0.328 e. The number of amides is 3. The molecule has 1 heterocycles. The van der Waals surface area contributed by atoms with E-state index in [-0.39, 0.29) is 47.6 Å². The second kappa shape index (κ2) is 9.71. The van der Waals surface area contributed by atoms with Gasteiger partial charge < -0.3 is 26.0 Å². The topological polar surface area (TPSA) is 131 Å². The molecule has 4 N–H and O–H groups in total. The number of nitrogens with one attached hydrogen (secondary N) is 2. The first-order chi connectivity index (χ1) is 16.5. The molecule has 3 amide bonds. The van der Waals surface area contributed by atoms with Gasteiger partial charge in [-0.15, -0.1) is 0 Å². The van der Waals surface area contributed by atoms with Gasteiger partial charge in [-0.2, -0.15) is 0 Å². The number of ether oxygens (including phenoxy) is 1. The number of nitrogens with two attached hydrogens (primary N) is 1. The van der Waals surface area contributed by atoms with Crippen LogP contribution >= 0.6 is 0 Å². The lowest BCUT2D eigenvalue weighted by Crippen LogP contribution is -2.65. The van der Waals surface area contributed by atoms with E-state index in [1.165, 1.54) is 31.3 Å². The number of likely N-dealkylation sites (tertiary alicyclic amines) is 1. The summed E-state index contributed by atoms with van der Waals surface area (Å²) >= 11 is 0. The normalized spacial score (nSPS) is 36.4. The fourth-order valence-corrected chi connectivity index (χ4v) is 8.50. The SMILES string of the molecule is COC(=O)[C@H](CCC(=O)NC12CC3CC(C)(CC(C)(C3)C1)C2)NC(=O)[C@@H]1CCCCN1C(=O)CN. The summed E-state index contributed by atoms with van der Waals surface area (Å²) in [6.45, 7) is 5.04. The van der Waals surface area contributed by atoms with Crippen LogP contribution in [0, 0.1) is 16.7 Å². The zero-order valence-electron chi connectivity index (χ0n) is 21.5. The van der Waals surface area contributed by atoms with Crippen molar-refractivity contribution in [3.63, 3.8) is 0 Å². The van der Waals surface area contributed by atoms with Crippen LogP contribution in [0.1, 0.15) is 84.5 Å². The highest BCUT2D eigenvalue weighted by Crippen LogP contribution is 2.66. The Morgan fingerprint density at radius 1 is 1.06 bits per heavy atom. The van der Waals surface area contributed by atoms with Crippen LogP contribution in [0.15, 0.2) is 0 Å². The molecule has 9 nitrogen and oxygen atoms in total. The lowest BCUT2D eigenvalue weighted by atomic mass is 9.43. The summed E-state index contributed by atoms with van der Waals surface area (Å²) in [5, 5.41) is 6.11. The number of carbonyl (C=O) groups is 4. The number of hydrogen-bond acceptors (Lipinski definition) is 6. The average Bonchev–Trinajstić information content (AvgIpc) is 2.77. The Labute approximate surface area is 208 Å². The zero-order valence-corrected chi connectivity index (χ0v) is 21.5. The molecule has 4 saturated carbocycles. The van der Waals surface area contributed by atoms with Crippen LogP contribution in [0.25, 0.3) is 0 Å². The van der Waals surface area contributed by atoms with Gasteiger partial charge in [0.15, 0.2) is 0 Å². The van der Waals surface area contributed by atoms with Crippen LogP contribution in [0.4, 0.5) is 0 Å². The van der Waals surface area contributed by atoms with Gasteiger partial charge in [-0.3, -0.25) is 14.4 Å². The number of carbonyl (C=O) groups excluding carboxylic acids is 4. The van der Waals surface area contributed by atoms with E-state index < -0.39 is 24.0 Å². The minimum Gasteiger partial charge on any atom is -0.467 e. The van der Waals surface area contributed by atoms with Crippen molar-refractivity contribution in [3.05, 3.63) is 0 Å². The maximum Gasteiger partial charge on any atom is 0.328 e. The molecule has 196 valence electrons. The van der Waals surface area contributed by atoms with E-state index in [9.17, 15) is 19.2 Å². The zero-order chi connectivity index (χ0) is 25.4. The highest BCUT2D eigenvalue weighted by atomic mass is 16.5. The Morgan fingerprint density at radius 2 is 1.74 bits per heavy atom. The maximum atomic E-state index is 13.1. The summed E-state index contributed by atoms with van der Waals surface area (Å²) in [4.78, 5) is 52.2. The van der Waals surface area contributed by atoms with E-state index in [0.29, 0.717) is 18.9 Å². The maximum absolute atomic E-state index is 13.1. The fraction of sp³-hybridized carbons (Fsp3) is 0.846. The summed E-state index contributed by atoms with van der Waals surface area (Å²) in [6, 6.07) is -1.60. The Hall–Kier alpha value is -2.16. The summed E-state index contributed by atoms with van der Waals surface area (Å²) in [5.74, 6) is -0.687. The molecule has 1 aliphatic heterocycles. The van der Waals surface area contributed by atoms with E-state index in [4.69, 9.17) is 10.5 Å². The van der Waals surface area contributed by atoms with Crippen molar-refractivity contribution in [2.24, 2.45) is 22.5 Å². The molecule has 0 aromatic rings. The predicted octanol–water partition coefficient (Wildman–Crippen LogP) is 1.63. The van der Waals surface area contributed by atoms with Gasteiger partial charge >= 0.3 is 5.97 Å². The first kappa shape index (κ1) is 25.9. The molecule has 2 unspecified atom stereocenters. The van der Waals surface area contributed by atoms with Gasteiger partial charge in [-0.25, -0.2) is 4.79 Å². The summed E-state index contributed by atoms with van der Waals surface area (Å²) in [6.07, 6.45) is 9.23. The highest BCUT2D eigenvalue weighted by Gasteiger charge is 2.60. The van der Waals surface area contributed by atoms with Gasteiger partial charge in [0.25, 0.3) is 0 Å². The molecule has 35 heavy (non-hydrogen) atoms. The molecule has 0 aromatic heterocycles. The highest BCUT2D eigenvalue weighted by molar-refractivity contribution is 5.91. The number of piperidine rings is 1. The third-order valence-electron chi connectivity index (χ3n) is 8.79. The standard InChI is InChI=1S/C26H42N4O5/c1-24-10-17-11-25(2,14-24)16-26(12-17,15-24)29-20(31)8-7-18(23(34)35-3)28-22(33)19-6-4-5-9-30(19)21(32)13-27/h17-19H,4-16,27H2,1-3H3,(H,28,33)(H,29,31)/t17?,18-,19-,24?,25?,26?/m0/s1. The first-order valence-electron chi connectivity index (χ1n) is 13.2. The van der Waals surface area contributed by atoms with Crippen molar-refractivity contribution >= 4 is 23.7 Å². The van der Waals surface area contributed by atoms with Crippen LogP contribution in [0.5, 0.6) is 0 Å². The van der Waals surface area contributed by atoms with Crippen LogP contribution in [0.3, 0.4) is 0 Å². The quantitative estimate of drug-likeness (QED) is 0.443. The molecule has 9 heteroatoms. The molecule has 4 bridgehead atoms. The van der Waals surface area contributed by atoms with Crippen molar-refractivity contribution in [2.45, 2.75) is 102 Å². The van der Waals surface area contributed by atoms with Gasteiger partial charge in [-0.1, -0.05) is 13.8 Å². The third-order valence-corrected chi connectivity index (χ3v) is 8.79. The number of methoxy groups -OCH3 is 1. The van der Waals surface area contributed by atoms with E-state index in [2.05, 4.69) is 24.5 Å². The number of nitrogens with zero attached hydrogens (tertiary/aromatic N) is 1. The largest absolute Gasteiger partial charge is 0.467 e. The molecule has 0 spiro atoms. The number of esters is 1. The second-order valence-electron chi connectivity index (χ2n) is 12.4. The summed E-state index contributed by atoms with van der Waals surface area (Å²) in [7, 11) is 1.27. The first-order valence-corrected chi connectivity index (χ1v) is 13.2. The molecular weight excluding hydrogens is 448 g/mol. The van der Waals surface area contributed by atoms with E-state index in [1.54, 1.807) is 0 Å². The second-order valence-corrected chi connectivity index (χ2v) is 12.4. The van der Waals surface area contributed by atoms with Gasteiger partial charge in [-0.05, 0) is 81.0 Å². The van der Waals surface area contributed by atoms with Gasteiger partial charge in [0, 0.05) is 18.5 Å². The number of rotatable bonds is 8. The van der Waals surface area contributed by atoms with Crippen molar-refractivity contribution < 1.29 is 23.9 Å². The molecule has 5 fully saturated rings. The lowest BCUT2D eigenvalue weighted by Gasteiger charge is -2.65. The average molecular weight is 491 g/mol. The lowest BCUT2D eigenvalue weighted by molar-refractivity contribution is -0.147. The monoisotopic (exact) mass is 490 g/mol. The molecular formula is C26H42N4O5. The molecule has 5 aliphatic rings. The molecule has 4 aliphatic carbocycles. The van der Waals surface area contributed by atoms with E-state index in [0.717, 1.165) is 32.1 Å². The van der Waals surface area contributed by atoms with Crippen molar-refractivity contribution in [1.29, 1.82) is 0 Å². The summed E-state index contributed by atoms with van der Waals surface area (Å²) in [5.41, 5.74) is 5.93. The van der Waals surface area contributed by atoms with Gasteiger partial charge in [0.05, 0.1) is 13.7 Å².